The van der Waals surface area contributed by atoms with E-state index in [0.29, 0.717) is 40.9 Å². The van der Waals surface area contributed by atoms with E-state index in [4.69, 9.17) is 13.9 Å². The summed E-state index contributed by atoms with van der Waals surface area (Å²) in [4.78, 5) is 40.6. The largest absolute Gasteiger partial charge is 0.496 e. The van der Waals surface area contributed by atoms with Crippen LogP contribution < -0.4 is 4.74 Å². The van der Waals surface area contributed by atoms with Gasteiger partial charge in [-0.15, -0.1) is 0 Å². The summed E-state index contributed by atoms with van der Waals surface area (Å²) in [5.41, 5.74) is 2.59. The maximum absolute atomic E-state index is 14.2. The predicted octanol–water partition coefficient (Wildman–Crippen LogP) is 6.32. The van der Waals surface area contributed by atoms with Crippen molar-refractivity contribution in [3.8, 4) is 5.75 Å². The van der Waals surface area contributed by atoms with Crippen molar-refractivity contribution in [2.45, 2.75) is 84.7 Å². The van der Waals surface area contributed by atoms with Crippen LogP contribution in [0.2, 0.25) is 18.1 Å². The predicted molar refractivity (Wildman–Crippen MR) is 145 cm³/mol. The molecule has 6 nitrogen and oxygen atoms in total. The number of hydrogen-bond donors (Lipinski definition) is 0. The van der Waals surface area contributed by atoms with Crippen molar-refractivity contribution >= 4 is 25.9 Å². The van der Waals surface area contributed by atoms with Crippen LogP contribution in [0.15, 0.2) is 41.0 Å². The lowest BCUT2D eigenvalue weighted by atomic mass is 9.64. The summed E-state index contributed by atoms with van der Waals surface area (Å²) in [6, 6.07) is 5.15. The lowest BCUT2D eigenvalue weighted by molar-refractivity contribution is -0.155. The van der Waals surface area contributed by atoms with Crippen LogP contribution in [0.5, 0.6) is 5.75 Å². The number of benzene rings is 1. The minimum absolute atomic E-state index is 0.0123. The molecule has 0 aromatic heterocycles. The highest BCUT2D eigenvalue weighted by atomic mass is 28.4. The van der Waals surface area contributed by atoms with Crippen molar-refractivity contribution in [2.24, 2.45) is 17.8 Å². The van der Waals surface area contributed by atoms with E-state index >= 15 is 0 Å². The van der Waals surface area contributed by atoms with Gasteiger partial charge < -0.3 is 13.9 Å². The van der Waals surface area contributed by atoms with Gasteiger partial charge in [0.05, 0.1) is 24.7 Å². The molecule has 1 fully saturated rings. The topological polar surface area (TPSA) is 78.9 Å². The minimum atomic E-state index is -2.23. The fraction of sp³-hybridized carbons (Fsp3) is 0.567. The Bertz CT molecular complexity index is 1200. The lowest BCUT2D eigenvalue weighted by Gasteiger charge is -2.49. The number of esters is 1. The zero-order valence-electron chi connectivity index (χ0n) is 23.6. The van der Waals surface area contributed by atoms with Crippen molar-refractivity contribution in [2.75, 3.05) is 7.11 Å². The molecule has 1 saturated carbocycles. The number of ketones is 2. The molecule has 3 aliphatic carbocycles. The molecule has 0 bridgehead atoms. The molecule has 0 radical (unpaired) electrons. The van der Waals surface area contributed by atoms with E-state index in [9.17, 15) is 14.4 Å². The number of methoxy groups -OCH3 is 1. The second-order valence-electron chi connectivity index (χ2n) is 12.5. The molecular weight excluding hydrogens is 484 g/mol. The summed E-state index contributed by atoms with van der Waals surface area (Å²) in [7, 11) is -0.723. The SMILES string of the molecule is COc1cccc2c1C(=O)C1=C(CC=C3[C@H]1[C@@H](O[Si](C)(C)C(C)(C)C)C[C@@H](C)[C@@H]3OC(=O)C(C)C)C2=O. The Morgan fingerprint density at radius 2 is 1.78 bits per heavy atom. The summed E-state index contributed by atoms with van der Waals surface area (Å²) in [6.07, 6.45) is 2.21. The van der Waals surface area contributed by atoms with Crippen LogP contribution in [0.25, 0.3) is 0 Å². The molecule has 7 heteroatoms. The van der Waals surface area contributed by atoms with E-state index in [1.54, 1.807) is 18.2 Å². The Kier molecular flexibility index (Phi) is 7.18. The number of allylic oxidation sites excluding steroid dienone is 2. The summed E-state index contributed by atoms with van der Waals surface area (Å²) < 4.78 is 18.5. The van der Waals surface area contributed by atoms with Crippen LogP contribution in [0.4, 0.5) is 0 Å². The van der Waals surface area contributed by atoms with Crippen molar-refractivity contribution in [1.29, 1.82) is 0 Å². The van der Waals surface area contributed by atoms with Gasteiger partial charge >= 0.3 is 5.97 Å². The van der Waals surface area contributed by atoms with Crippen molar-refractivity contribution in [3.05, 3.63) is 52.1 Å². The molecule has 4 rings (SSSR count). The zero-order chi connectivity index (χ0) is 27.4. The first-order valence-electron chi connectivity index (χ1n) is 13.3. The Labute approximate surface area is 221 Å². The third kappa shape index (κ3) is 4.65. The number of carbonyl (C=O) groups excluding carboxylic acids is 3. The monoisotopic (exact) mass is 524 g/mol. The molecule has 0 saturated heterocycles. The van der Waals surface area contributed by atoms with Gasteiger partial charge in [0.15, 0.2) is 19.9 Å². The first-order chi connectivity index (χ1) is 17.2. The maximum Gasteiger partial charge on any atom is 0.308 e. The molecular formula is C30H40O6Si. The van der Waals surface area contributed by atoms with Gasteiger partial charge in [0.1, 0.15) is 11.9 Å². The first kappa shape index (κ1) is 27.5. The molecule has 200 valence electrons. The number of hydrogen-bond acceptors (Lipinski definition) is 6. The molecule has 0 amide bonds. The van der Waals surface area contributed by atoms with E-state index in [1.165, 1.54) is 7.11 Å². The Morgan fingerprint density at radius 3 is 2.38 bits per heavy atom. The smallest absolute Gasteiger partial charge is 0.308 e. The third-order valence-corrected chi connectivity index (χ3v) is 13.1. The number of ether oxygens (including phenoxy) is 2. The molecule has 4 atom stereocenters. The molecule has 0 N–H and O–H groups in total. The number of fused-ring (bicyclic) bond motifs is 3. The van der Waals surface area contributed by atoms with E-state index < -0.39 is 20.3 Å². The van der Waals surface area contributed by atoms with Gasteiger partial charge in [-0.25, -0.2) is 0 Å². The Hall–Kier alpha value is -2.51. The van der Waals surface area contributed by atoms with Crippen LogP contribution in [-0.4, -0.2) is 45.2 Å². The van der Waals surface area contributed by atoms with E-state index in [-0.39, 0.29) is 40.5 Å². The first-order valence-corrected chi connectivity index (χ1v) is 16.2. The van der Waals surface area contributed by atoms with Crippen LogP contribution in [0, 0.1) is 17.8 Å². The van der Waals surface area contributed by atoms with E-state index in [1.807, 2.05) is 19.9 Å². The molecule has 1 aromatic carbocycles. The molecule has 1 aromatic rings. The van der Waals surface area contributed by atoms with Gasteiger partial charge in [0, 0.05) is 22.6 Å². The summed E-state index contributed by atoms with van der Waals surface area (Å²) in [5.74, 6) is -0.902. The molecule has 0 spiro atoms. The minimum Gasteiger partial charge on any atom is -0.496 e. The van der Waals surface area contributed by atoms with Crippen molar-refractivity contribution in [1.82, 2.24) is 0 Å². The fourth-order valence-corrected chi connectivity index (χ4v) is 6.83. The van der Waals surface area contributed by atoms with Gasteiger partial charge in [-0.1, -0.05) is 59.8 Å². The second kappa shape index (κ2) is 9.66. The van der Waals surface area contributed by atoms with Crippen molar-refractivity contribution in [3.63, 3.8) is 0 Å². The van der Waals surface area contributed by atoms with Gasteiger partial charge in [-0.3, -0.25) is 14.4 Å². The molecule has 0 heterocycles. The zero-order valence-corrected chi connectivity index (χ0v) is 24.6. The van der Waals surface area contributed by atoms with Crippen LogP contribution in [0.3, 0.4) is 0 Å². The molecule has 37 heavy (non-hydrogen) atoms. The number of rotatable bonds is 5. The lowest BCUT2D eigenvalue weighted by Crippen LogP contribution is -2.52. The Balaban J connectivity index is 1.85. The quantitative estimate of drug-likeness (QED) is 0.255. The van der Waals surface area contributed by atoms with Crippen LogP contribution in [-0.2, 0) is 14.0 Å². The highest BCUT2D eigenvalue weighted by Crippen LogP contribution is 2.51. The van der Waals surface area contributed by atoms with Gasteiger partial charge in [-0.05, 0) is 48.5 Å². The second-order valence-corrected chi connectivity index (χ2v) is 17.2. The van der Waals surface area contributed by atoms with Crippen LogP contribution in [0.1, 0.15) is 75.1 Å². The maximum atomic E-state index is 14.2. The highest BCUT2D eigenvalue weighted by Gasteiger charge is 2.52. The van der Waals surface area contributed by atoms with Gasteiger partial charge in [0.25, 0.3) is 0 Å². The van der Waals surface area contributed by atoms with Gasteiger partial charge in [-0.2, -0.15) is 0 Å². The highest BCUT2D eigenvalue weighted by molar-refractivity contribution is 6.74. The van der Waals surface area contributed by atoms with E-state index in [0.717, 1.165) is 5.57 Å². The number of carbonyl (C=O) groups is 3. The van der Waals surface area contributed by atoms with Crippen LogP contribution >= 0.6 is 0 Å². The normalized spacial score (nSPS) is 25.8. The Morgan fingerprint density at radius 1 is 1.11 bits per heavy atom. The standard InChI is InChI=1S/C30H40O6Si/c1-16(2)29(33)35-28-17(3)15-22(36-37(8,9)30(4,5)6)23-20(28)14-13-19-25(23)27(32)24-18(26(19)31)11-10-12-21(24)34-7/h10-12,14,16-17,22-23,28H,13,15H2,1-9H3/t17-,22+,23+,28+/m1/s1. The molecule has 0 aliphatic heterocycles. The average molecular weight is 525 g/mol. The molecule has 3 aliphatic rings. The van der Waals surface area contributed by atoms with E-state index in [2.05, 4.69) is 40.8 Å². The molecule has 0 unspecified atom stereocenters. The summed E-state index contributed by atoms with van der Waals surface area (Å²) >= 11 is 0. The van der Waals surface area contributed by atoms with Crippen molar-refractivity contribution < 1.29 is 28.3 Å². The third-order valence-electron chi connectivity index (χ3n) is 8.56. The average Bonchev–Trinajstić information content (AvgIpc) is 2.82. The van der Waals surface area contributed by atoms with Gasteiger partial charge in [0.2, 0.25) is 0 Å². The number of Topliss-reactive ketones (excluding diaryl/α,β-unsaturated/α-hetero) is 2. The summed E-state index contributed by atoms with van der Waals surface area (Å²) in [6.45, 7) is 16.7. The summed E-state index contributed by atoms with van der Waals surface area (Å²) in [5, 5.41) is -0.0326. The fourth-order valence-electron chi connectivity index (χ4n) is 5.49.